The summed E-state index contributed by atoms with van der Waals surface area (Å²) in [6, 6.07) is 5.84. The number of methoxy groups -OCH3 is 1. The van der Waals surface area contributed by atoms with Crippen molar-refractivity contribution in [1.29, 1.82) is 0 Å². The standard InChI is InChI=1S/C24H29N7O5S/c1-14-11-31(12-15(2)35-14)13-22-28-29-24(36-22)19-6-16(7-21-20(19)10-26-30(21)3)17-5-18(9-27-37(32)33)23(34-4)25-8-17/h5-8,10,14-15,27H,9,11-13H2,1-4H3,(H,32,33)/t14-,15+. The summed E-state index contributed by atoms with van der Waals surface area (Å²) in [6.07, 6.45) is 3.77. The molecule has 5 rings (SSSR count). The predicted molar refractivity (Wildman–Crippen MR) is 137 cm³/mol. The number of rotatable bonds is 8. The summed E-state index contributed by atoms with van der Waals surface area (Å²) in [5, 5.41) is 14.0. The number of aryl methyl sites for hydroxylation is 1. The van der Waals surface area contributed by atoms with E-state index in [0.29, 0.717) is 29.8 Å². The van der Waals surface area contributed by atoms with Gasteiger partial charge in [-0.3, -0.25) is 14.1 Å². The van der Waals surface area contributed by atoms with E-state index in [0.717, 1.165) is 40.7 Å². The maximum atomic E-state index is 11.1. The Bertz CT molecular complexity index is 1430. The van der Waals surface area contributed by atoms with Crippen LogP contribution in [0.3, 0.4) is 0 Å². The molecule has 1 aromatic carbocycles. The van der Waals surface area contributed by atoms with Crippen LogP contribution in [0.5, 0.6) is 5.88 Å². The van der Waals surface area contributed by atoms with Crippen LogP contribution < -0.4 is 9.46 Å². The van der Waals surface area contributed by atoms with Crippen LogP contribution in [-0.2, 0) is 36.1 Å². The Morgan fingerprint density at radius 1 is 1.16 bits per heavy atom. The zero-order valence-corrected chi connectivity index (χ0v) is 21.9. The maximum absolute atomic E-state index is 11.1. The summed E-state index contributed by atoms with van der Waals surface area (Å²) in [7, 11) is 3.38. The van der Waals surface area contributed by atoms with Gasteiger partial charge in [0.05, 0.1) is 43.1 Å². The van der Waals surface area contributed by atoms with Crippen molar-refractivity contribution in [3.63, 3.8) is 0 Å². The van der Waals surface area contributed by atoms with Crippen LogP contribution in [0.1, 0.15) is 25.3 Å². The zero-order valence-electron chi connectivity index (χ0n) is 21.0. The van der Waals surface area contributed by atoms with Crippen LogP contribution in [0, 0.1) is 0 Å². The Kier molecular flexibility index (Phi) is 7.31. The van der Waals surface area contributed by atoms with Crippen LogP contribution in [0.25, 0.3) is 33.5 Å². The number of fused-ring (bicyclic) bond motifs is 1. The van der Waals surface area contributed by atoms with Gasteiger partial charge in [-0.25, -0.2) is 13.9 Å². The van der Waals surface area contributed by atoms with Gasteiger partial charge in [0.1, 0.15) is 0 Å². The number of pyridine rings is 1. The Hall–Kier alpha value is -3.23. The smallest absolute Gasteiger partial charge is 0.248 e. The topological polar surface area (TPSA) is 141 Å². The molecule has 0 bridgehead atoms. The molecule has 4 aromatic rings. The van der Waals surface area contributed by atoms with E-state index in [-0.39, 0.29) is 18.8 Å². The third kappa shape index (κ3) is 5.55. The number of morpholine rings is 1. The first-order valence-electron chi connectivity index (χ1n) is 11.8. The molecule has 4 heterocycles. The number of hydrogen-bond donors (Lipinski definition) is 2. The number of nitrogens with zero attached hydrogens (tertiary/aromatic N) is 6. The van der Waals surface area contributed by atoms with Crippen molar-refractivity contribution < 1.29 is 22.7 Å². The second kappa shape index (κ2) is 10.6. The summed E-state index contributed by atoms with van der Waals surface area (Å²) in [4.78, 5) is 6.65. The van der Waals surface area contributed by atoms with Crippen LogP contribution in [0.2, 0.25) is 0 Å². The van der Waals surface area contributed by atoms with Crippen molar-refractivity contribution in [3.05, 3.63) is 42.0 Å². The zero-order chi connectivity index (χ0) is 26.1. The molecule has 37 heavy (non-hydrogen) atoms. The van der Waals surface area contributed by atoms with Gasteiger partial charge in [-0.1, -0.05) is 0 Å². The number of aromatic nitrogens is 5. The molecule has 2 N–H and O–H groups in total. The molecule has 1 aliphatic rings. The maximum Gasteiger partial charge on any atom is 0.248 e. The van der Waals surface area contributed by atoms with Crippen LogP contribution in [0.4, 0.5) is 0 Å². The molecule has 196 valence electrons. The third-order valence-electron chi connectivity index (χ3n) is 6.26. The van der Waals surface area contributed by atoms with Crippen molar-refractivity contribution in [2.45, 2.75) is 39.1 Å². The monoisotopic (exact) mass is 527 g/mol. The SMILES string of the molecule is COc1ncc(-c2cc(-c3nnc(CN4C[C@@H](C)O[C@@H](C)C4)o3)c3cnn(C)c3c2)cc1CNS(=O)O. The van der Waals surface area contributed by atoms with Gasteiger partial charge in [-0.2, -0.15) is 5.10 Å². The quantitative estimate of drug-likeness (QED) is 0.328. The highest BCUT2D eigenvalue weighted by atomic mass is 32.2. The number of ether oxygens (including phenoxy) is 2. The Labute approximate surface area is 216 Å². The number of nitrogens with one attached hydrogen (secondary N) is 1. The van der Waals surface area contributed by atoms with Crippen molar-refractivity contribution in [2.75, 3.05) is 20.2 Å². The van der Waals surface area contributed by atoms with Gasteiger partial charge in [0.15, 0.2) is 0 Å². The average molecular weight is 528 g/mol. The number of hydrogen-bond acceptors (Lipinski definition) is 9. The van der Waals surface area contributed by atoms with Crippen molar-refractivity contribution in [2.24, 2.45) is 7.05 Å². The molecule has 0 amide bonds. The van der Waals surface area contributed by atoms with E-state index in [1.54, 1.807) is 17.1 Å². The molecule has 1 aliphatic heterocycles. The first kappa shape index (κ1) is 25.4. The van der Waals surface area contributed by atoms with E-state index in [1.165, 1.54) is 7.11 Å². The summed E-state index contributed by atoms with van der Waals surface area (Å²) in [6.45, 7) is 6.38. The summed E-state index contributed by atoms with van der Waals surface area (Å²) in [5.74, 6) is 1.32. The van der Waals surface area contributed by atoms with Gasteiger partial charge < -0.3 is 13.9 Å². The fraction of sp³-hybridized carbons (Fsp3) is 0.417. The number of benzene rings is 1. The second-order valence-electron chi connectivity index (χ2n) is 9.14. The molecule has 0 radical (unpaired) electrons. The van der Waals surface area contributed by atoms with E-state index >= 15 is 0 Å². The minimum atomic E-state index is -2.16. The lowest BCUT2D eigenvalue weighted by Gasteiger charge is -2.34. The molecule has 0 aliphatic carbocycles. The van der Waals surface area contributed by atoms with Gasteiger partial charge in [0.2, 0.25) is 28.9 Å². The van der Waals surface area contributed by atoms with E-state index < -0.39 is 11.3 Å². The molecule has 12 nitrogen and oxygen atoms in total. The molecule has 1 saturated heterocycles. The average Bonchev–Trinajstić information content (AvgIpc) is 3.48. The lowest BCUT2D eigenvalue weighted by atomic mass is 10.00. The van der Waals surface area contributed by atoms with Crippen LogP contribution in [0.15, 0.2) is 35.0 Å². The lowest BCUT2D eigenvalue weighted by Crippen LogP contribution is -2.44. The van der Waals surface area contributed by atoms with Gasteiger partial charge in [0, 0.05) is 49.4 Å². The van der Waals surface area contributed by atoms with E-state index in [9.17, 15) is 4.21 Å². The summed E-state index contributed by atoms with van der Waals surface area (Å²) >= 11 is -2.16. The van der Waals surface area contributed by atoms with Crippen molar-refractivity contribution in [3.8, 4) is 28.5 Å². The molecule has 13 heteroatoms. The largest absolute Gasteiger partial charge is 0.481 e. The Balaban J connectivity index is 1.50. The highest BCUT2D eigenvalue weighted by molar-refractivity contribution is 7.77. The van der Waals surface area contributed by atoms with E-state index in [1.807, 2.05) is 25.2 Å². The van der Waals surface area contributed by atoms with Gasteiger partial charge in [-0.15, -0.1) is 10.2 Å². The Morgan fingerprint density at radius 3 is 2.68 bits per heavy atom. The highest BCUT2D eigenvalue weighted by Gasteiger charge is 2.24. The van der Waals surface area contributed by atoms with E-state index in [2.05, 4.69) is 43.7 Å². The molecule has 1 unspecified atom stereocenters. The van der Waals surface area contributed by atoms with Crippen molar-refractivity contribution >= 4 is 22.2 Å². The lowest BCUT2D eigenvalue weighted by molar-refractivity contribution is -0.0721. The van der Waals surface area contributed by atoms with Crippen LogP contribution in [-0.4, -0.2) is 71.0 Å². The summed E-state index contributed by atoms with van der Waals surface area (Å²) in [5.41, 5.74) is 3.93. The van der Waals surface area contributed by atoms with Gasteiger partial charge >= 0.3 is 0 Å². The molecular weight excluding hydrogens is 498 g/mol. The van der Waals surface area contributed by atoms with Crippen molar-refractivity contribution in [1.82, 2.24) is 34.6 Å². The molecular formula is C24H29N7O5S. The molecule has 0 spiro atoms. The normalized spacial score (nSPS) is 19.4. The molecule has 3 aromatic heterocycles. The van der Waals surface area contributed by atoms with Gasteiger partial charge in [0.25, 0.3) is 0 Å². The Morgan fingerprint density at radius 2 is 1.95 bits per heavy atom. The fourth-order valence-corrected chi connectivity index (χ4v) is 5.01. The summed E-state index contributed by atoms with van der Waals surface area (Å²) < 4.78 is 41.8. The first-order valence-corrected chi connectivity index (χ1v) is 13.0. The predicted octanol–water partition coefficient (Wildman–Crippen LogP) is 2.53. The van der Waals surface area contributed by atoms with E-state index in [4.69, 9.17) is 18.4 Å². The minimum Gasteiger partial charge on any atom is -0.481 e. The third-order valence-corrected chi connectivity index (χ3v) is 6.65. The fourth-order valence-electron chi connectivity index (χ4n) is 4.73. The van der Waals surface area contributed by atoms with Gasteiger partial charge in [-0.05, 0) is 37.6 Å². The second-order valence-corrected chi connectivity index (χ2v) is 9.93. The minimum absolute atomic E-state index is 0.111. The van der Waals surface area contributed by atoms with Crippen LogP contribution >= 0.6 is 0 Å². The highest BCUT2D eigenvalue weighted by Crippen LogP contribution is 2.34. The molecule has 0 saturated carbocycles. The molecule has 3 atom stereocenters. The molecule has 1 fully saturated rings. The first-order chi connectivity index (χ1) is 17.8.